The van der Waals surface area contributed by atoms with Crippen LogP contribution in [-0.2, 0) is 0 Å². The van der Waals surface area contributed by atoms with Crippen LogP contribution in [-0.4, -0.2) is 18.8 Å². The fourth-order valence-electron chi connectivity index (χ4n) is 2.68. The van der Waals surface area contributed by atoms with Crippen molar-refractivity contribution in [3.63, 3.8) is 0 Å². The SMILES string of the molecule is FC(F)(F)[C@H]1CC=C([C@H]2CCCN2)CCC1. The standard InChI is InChI=1S/C12H18F3N/c13-12(14,15)10-4-1-3-9(6-7-10)11-5-2-8-16-11/h6,10-11,16H,1-5,7-8H2/t10-,11-/m1/s1. The van der Waals surface area contributed by atoms with Crippen molar-refractivity contribution < 1.29 is 13.2 Å². The number of halogens is 3. The molecule has 0 spiro atoms. The zero-order chi connectivity index (χ0) is 11.6. The Morgan fingerprint density at radius 2 is 2.00 bits per heavy atom. The Balaban J connectivity index is 1.99. The van der Waals surface area contributed by atoms with Crippen LogP contribution < -0.4 is 5.32 Å². The second-order valence-electron chi connectivity index (χ2n) is 4.79. The number of nitrogens with one attached hydrogen (secondary N) is 1. The van der Waals surface area contributed by atoms with Gasteiger partial charge >= 0.3 is 6.18 Å². The molecule has 2 aliphatic rings. The first-order chi connectivity index (χ1) is 7.57. The minimum atomic E-state index is -4.02. The molecule has 2 atom stereocenters. The average Bonchev–Trinajstić information content (AvgIpc) is 2.60. The second-order valence-corrected chi connectivity index (χ2v) is 4.79. The van der Waals surface area contributed by atoms with Gasteiger partial charge in [0.15, 0.2) is 0 Å². The summed E-state index contributed by atoms with van der Waals surface area (Å²) in [6.07, 6.45) is 2.03. The fraction of sp³-hybridized carbons (Fsp3) is 0.833. The molecule has 0 amide bonds. The van der Waals surface area contributed by atoms with E-state index in [0.717, 1.165) is 25.8 Å². The van der Waals surface area contributed by atoms with Crippen LogP contribution in [0, 0.1) is 5.92 Å². The molecule has 1 heterocycles. The van der Waals surface area contributed by atoms with Crippen LogP contribution in [0.5, 0.6) is 0 Å². The summed E-state index contributed by atoms with van der Waals surface area (Å²) in [6, 6.07) is 0.354. The number of hydrogen-bond donors (Lipinski definition) is 1. The van der Waals surface area contributed by atoms with E-state index < -0.39 is 12.1 Å². The lowest BCUT2D eigenvalue weighted by atomic mass is 10.0. The Morgan fingerprint density at radius 3 is 2.62 bits per heavy atom. The molecule has 1 aliphatic carbocycles. The molecule has 2 rings (SSSR count). The first-order valence-electron chi connectivity index (χ1n) is 6.06. The Bertz CT molecular complexity index is 264. The molecule has 1 saturated heterocycles. The molecule has 0 radical (unpaired) electrons. The van der Waals surface area contributed by atoms with Crippen molar-refractivity contribution in [1.82, 2.24) is 5.32 Å². The Hall–Kier alpha value is -0.510. The summed E-state index contributed by atoms with van der Waals surface area (Å²) < 4.78 is 37.7. The number of rotatable bonds is 1. The predicted octanol–water partition coefficient (Wildman–Crippen LogP) is 3.42. The van der Waals surface area contributed by atoms with Crippen molar-refractivity contribution in [1.29, 1.82) is 0 Å². The smallest absolute Gasteiger partial charge is 0.310 e. The van der Waals surface area contributed by atoms with Gasteiger partial charge in [-0.3, -0.25) is 0 Å². The molecular formula is C12H18F3N. The van der Waals surface area contributed by atoms with E-state index in [0.29, 0.717) is 12.5 Å². The molecule has 0 saturated carbocycles. The van der Waals surface area contributed by atoms with E-state index in [1.165, 1.54) is 5.57 Å². The van der Waals surface area contributed by atoms with E-state index in [4.69, 9.17) is 0 Å². The molecule has 0 aromatic heterocycles. The maximum atomic E-state index is 12.6. The molecule has 16 heavy (non-hydrogen) atoms. The molecule has 0 aromatic rings. The van der Waals surface area contributed by atoms with E-state index >= 15 is 0 Å². The van der Waals surface area contributed by atoms with Gasteiger partial charge in [-0.1, -0.05) is 11.6 Å². The summed E-state index contributed by atoms with van der Waals surface area (Å²) in [5.74, 6) is -1.12. The third kappa shape index (κ3) is 2.78. The molecular weight excluding hydrogens is 215 g/mol. The molecule has 1 aliphatic heterocycles. The normalized spacial score (nSPS) is 32.3. The van der Waals surface area contributed by atoms with Gasteiger partial charge in [-0.15, -0.1) is 0 Å². The lowest BCUT2D eigenvalue weighted by Crippen LogP contribution is -2.23. The van der Waals surface area contributed by atoms with Crippen LogP contribution >= 0.6 is 0 Å². The van der Waals surface area contributed by atoms with Gasteiger partial charge in [-0.05, 0) is 45.1 Å². The van der Waals surface area contributed by atoms with Crippen LogP contribution in [0.2, 0.25) is 0 Å². The van der Waals surface area contributed by atoms with Crippen LogP contribution in [0.25, 0.3) is 0 Å². The highest BCUT2D eigenvalue weighted by Gasteiger charge is 2.39. The Morgan fingerprint density at radius 1 is 1.19 bits per heavy atom. The van der Waals surface area contributed by atoms with E-state index in [-0.39, 0.29) is 12.8 Å². The maximum absolute atomic E-state index is 12.6. The third-order valence-electron chi connectivity index (χ3n) is 3.65. The highest BCUT2D eigenvalue weighted by Crippen LogP contribution is 2.36. The molecule has 0 bridgehead atoms. The molecule has 1 fully saturated rings. The summed E-state index contributed by atoms with van der Waals surface area (Å²) in [7, 11) is 0. The summed E-state index contributed by atoms with van der Waals surface area (Å²) >= 11 is 0. The first-order valence-corrected chi connectivity index (χ1v) is 6.06. The van der Waals surface area contributed by atoms with Gasteiger partial charge in [0.05, 0.1) is 5.92 Å². The Labute approximate surface area is 94.1 Å². The van der Waals surface area contributed by atoms with Crippen LogP contribution in [0.1, 0.15) is 38.5 Å². The minimum absolute atomic E-state index is 0.178. The largest absolute Gasteiger partial charge is 0.392 e. The highest BCUT2D eigenvalue weighted by atomic mass is 19.4. The summed E-state index contributed by atoms with van der Waals surface area (Å²) in [5, 5.41) is 3.36. The van der Waals surface area contributed by atoms with Crippen LogP contribution in [0.3, 0.4) is 0 Å². The van der Waals surface area contributed by atoms with Crippen molar-refractivity contribution in [2.45, 2.75) is 50.7 Å². The van der Waals surface area contributed by atoms with Gasteiger partial charge in [0.25, 0.3) is 0 Å². The van der Waals surface area contributed by atoms with Crippen molar-refractivity contribution in [3.05, 3.63) is 11.6 Å². The van der Waals surface area contributed by atoms with Gasteiger partial charge in [0.1, 0.15) is 0 Å². The fourth-order valence-corrected chi connectivity index (χ4v) is 2.68. The molecule has 92 valence electrons. The zero-order valence-corrected chi connectivity index (χ0v) is 9.32. The zero-order valence-electron chi connectivity index (χ0n) is 9.32. The molecule has 0 unspecified atom stereocenters. The number of allylic oxidation sites excluding steroid dienone is 1. The van der Waals surface area contributed by atoms with Crippen LogP contribution in [0.15, 0.2) is 11.6 Å². The van der Waals surface area contributed by atoms with Crippen molar-refractivity contribution in [2.75, 3.05) is 6.54 Å². The summed E-state index contributed by atoms with van der Waals surface area (Å²) in [5.41, 5.74) is 1.21. The maximum Gasteiger partial charge on any atom is 0.392 e. The molecule has 1 N–H and O–H groups in total. The van der Waals surface area contributed by atoms with E-state index in [1.54, 1.807) is 0 Å². The van der Waals surface area contributed by atoms with E-state index in [9.17, 15) is 13.2 Å². The molecule has 4 heteroatoms. The highest BCUT2D eigenvalue weighted by molar-refractivity contribution is 5.14. The minimum Gasteiger partial charge on any atom is -0.310 e. The quantitative estimate of drug-likeness (QED) is 0.684. The van der Waals surface area contributed by atoms with E-state index in [2.05, 4.69) is 5.32 Å². The van der Waals surface area contributed by atoms with Crippen LogP contribution in [0.4, 0.5) is 13.2 Å². The van der Waals surface area contributed by atoms with Gasteiger partial charge in [0.2, 0.25) is 0 Å². The van der Waals surface area contributed by atoms with Crippen molar-refractivity contribution in [2.24, 2.45) is 5.92 Å². The van der Waals surface area contributed by atoms with E-state index in [1.807, 2.05) is 6.08 Å². The topological polar surface area (TPSA) is 12.0 Å². The average molecular weight is 233 g/mol. The number of alkyl halides is 3. The van der Waals surface area contributed by atoms with Gasteiger partial charge < -0.3 is 5.32 Å². The van der Waals surface area contributed by atoms with Gasteiger partial charge in [-0.25, -0.2) is 0 Å². The third-order valence-corrected chi connectivity index (χ3v) is 3.65. The summed E-state index contributed by atoms with van der Waals surface area (Å²) in [6.45, 7) is 1.00. The summed E-state index contributed by atoms with van der Waals surface area (Å²) in [4.78, 5) is 0. The lowest BCUT2D eigenvalue weighted by Gasteiger charge is -2.16. The second kappa shape index (κ2) is 4.78. The first kappa shape index (κ1) is 12.0. The predicted molar refractivity (Wildman–Crippen MR) is 57.1 cm³/mol. The van der Waals surface area contributed by atoms with Crippen molar-refractivity contribution in [3.8, 4) is 0 Å². The molecule has 1 nitrogen and oxygen atoms in total. The monoisotopic (exact) mass is 233 g/mol. The molecule has 0 aromatic carbocycles. The number of hydrogen-bond acceptors (Lipinski definition) is 1. The van der Waals surface area contributed by atoms with Gasteiger partial charge in [0, 0.05) is 6.04 Å². The lowest BCUT2D eigenvalue weighted by molar-refractivity contribution is -0.175. The van der Waals surface area contributed by atoms with Crippen molar-refractivity contribution >= 4 is 0 Å². The van der Waals surface area contributed by atoms with Gasteiger partial charge in [-0.2, -0.15) is 13.2 Å². The Kier molecular flexibility index (Phi) is 3.57.